The minimum atomic E-state index is -4.73. The minimum absolute atomic E-state index is 0.0177. The van der Waals surface area contributed by atoms with E-state index < -0.39 is 34.7 Å². The highest BCUT2D eigenvalue weighted by atomic mass is 35.5. The Morgan fingerprint density at radius 3 is 2.59 bits per heavy atom. The molecular weight excluding hydrogens is 473 g/mol. The summed E-state index contributed by atoms with van der Waals surface area (Å²) in [4.78, 5) is 14.5. The second kappa shape index (κ2) is 8.65. The van der Waals surface area contributed by atoms with Crippen LogP contribution >= 0.6 is 11.6 Å². The smallest absolute Gasteiger partial charge is 0.417 e. The number of alkyl halides is 3. The van der Waals surface area contributed by atoms with Crippen LogP contribution in [0.3, 0.4) is 0 Å². The number of carbonyl (C=O) groups is 1. The van der Waals surface area contributed by atoms with Gasteiger partial charge in [-0.2, -0.15) is 18.4 Å². The van der Waals surface area contributed by atoms with Gasteiger partial charge in [0.15, 0.2) is 6.10 Å². The summed E-state index contributed by atoms with van der Waals surface area (Å²) in [7, 11) is 0. The molecule has 1 atom stereocenters. The zero-order valence-corrected chi connectivity index (χ0v) is 18.8. The van der Waals surface area contributed by atoms with Crippen LogP contribution < -0.4 is 4.74 Å². The van der Waals surface area contributed by atoms with Gasteiger partial charge in [0.05, 0.1) is 23.7 Å². The second-order valence-corrected chi connectivity index (χ2v) is 8.94. The van der Waals surface area contributed by atoms with Crippen molar-refractivity contribution in [3.05, 3.63) is 64.5 Å². The van der Waals surface area contributed by atoms with E-state index in [1.165, 1.54) is 17.0 Å². The van der Waals surface area contributed by atoms with E-state index in [1.54, 1.807) is 38.1 Å². The molecule has 0 bridgehead atoms. The molecule has 1 aliphatic heterocycles. The van der Waals surface area contributed by atoms with Crippen LogP contribution in [0.1, 0.15) is 30.9 Å². The summed E-state index contributed by atoms with van der Waals surface area (Å²) in [5, 5.41) is 17.5. The van der Waals surface area contributed by atoms with Crippen LogP contribution in [0.2, 0.25) is 5.02 Å². The number of nitrogens with zero attached hydrogens (tertiary/aromatic N) is 4. The number of nitriles is 1. The van der Waals surface area contributed by atoms with Crippen LogP contribution in [0, 0.1) is 16.7 Å². The van der Waals surface area contributed by atoms with Crippen molar-refractivity contribution in [1.29, 1.82) is 5.26 Å². The van der Waals surface area contributed by atoms with Crippen LogP contribution in [-0.2, 0) is 17.5 Å². The van der Waals surface area contributed by atoms with Crippen molar-refractivity contribution < 1.29 is 27.1 Å². The Hall–Kier alpha value is -3.58. The van der Waals surface area contributed by atoms with Gasteiger partial charge in [0.25, 0.3) is 5.91 Å². The maximum absolute atomic E-state index is 13.3. The summed E-state index contributed by atoms with van der Waals surface area (Å²) in [6.45, 7) is 3.83. The third-order valence-corrected chi connectivity index (χ3v) is 5.65. The molecule has 1 saturated heterocycles. The van der Waals surface area contributed by atoms with E-state index in [1.807, 2.05) is 0 Å². The van der Waals surface area contributed by atoms with Crippen molar-refractivity contribution in [2.45, 2.75) is 32.7 Å². The topological polar surface area (TPSA) is 92.2 Å². The number of benzene rings is 2. The number of hydrogen-bond acceptors (Lipinski definition) is 6. The molecule has 176 valence electrons. The van der Waals surface area contributed by atoms with Gasteiger partial charge in [-0.1, -0.05) is 25.4 Å². The first-order valence-corrected chi connectivity index (χ1v) is 10.5. The van der Waals surface area contributed by atoms with E-state index in [2.05, 4.69) is 10.2 Å². The number of carbonyl (C=O) groups excluding carboxylic acids is 1. The standard InChI is InChI=1S/C23H18ClF3N4O3/c1-22(2)12-31(11-18-29-30-20(34-18)13-3-6-15(24)7-4-13)21(32)19(22)33-16-8-5-14(10-28)17(9-16)23(25,26)27/h3-9,19H,11-12H2,1-2H3. The lowest BCUT2D eigenvalue weighted by molar-refractivity contribution is -0.138. The average molecular weight is 491 g/mol. The first-order chi connectivity index (χ1) is 16.0. The van der Waals surface area contributed by atoms with E-state index in [0.29, 0.717) is 10.6 Å². The van der Waals surface area contributed by atoms with E-state index in [0.717, 1.165) is 12.1 Å². The Balaban J connectivity index is 1.51. The number of hydrogen-bond donors (Lipinski definition) is 0. The van der Waals surface area contributed by atoms with Crippen molar-refractivity contribution >= 4 is 17.5 Å². The Labute approximate surface area is 197 Å². The first kappa shape index (κ1) is 23.6. The van der Waals surface area contributed by atoms with Crippen molar-refractivity contribution in [2.24, 2.45) is 5.41 Å². The van der Waals surface area contributed by atoms with Gasteiger partial charge in [-0.05, 0) is 42.5 Å². The molecule has 1 amide bonds. The largest absolute Gasteiger partial charge is 0.480 e. The molecule has 0 saturated carbocycles. The Kier molecular flexibility index (Phi) is 6.00. The summed E-state index contributed by atoms with van der Waals surface area (Å²) in [6.07, 6.45) is -5.77. The van der Waals surface area contributed by atoms with Gasteiger partial charge in [-0.15, -0.1) is 10.2 Å². The number of likely N-dealkylation sites (tertiary alicyclic amines) is 1. The summed E-state index contributed by atoms with van der Waals surface area (Å²) >= 11 is 5.89. The van der Waals surface area contributed by atoms with Crippen LogP contribution in [-0.4, -0.2) is 33.7 Å². The third kappa shape index (κ3) is 4.70. The molecule has 0 radical (unpaired) electrons. The Bertz CT molecular complexity index is 1270. The molecule has 0 aliphatic carbocycles. The highest BCUT2D eigenvalue weighted by molar-refractivity contribution is 6.30. The predicted molar refractivity (Wildman–Crippen MR) is 115 cm³/mol. The third-order valence-electron chi connectivity index (χ3n) is 5.40. The monoisotopic (exact) mass is 490 g/mol. The fourth-order valence-corrected chi connectivity index (χ4v) is 3.88. The first-order valence-electron chi connectivity index (χ1n) is 10.1. The fraction of sp³-hybridized carbons (Fsp3) is 0.304. The van der Waals surface area contributed by atoms with E-state index in [-0.39, 0.29) is 30.6 Å². The molecule has 11 heteroatoms. The normalized spacial score (nSPS) is 17.6. The van der Waals surface area contributed by atoms with Crippen LogP contribution in [0.25, 0.3) is 11.5 Å². The van der Waals surface area contributed by atoms with E-state index in [9.17, 15) is 18.0 Å². The van der Waals surface area contributed by atoms with Crippen molar-refractivity contribution in [3.8, 4) is 23.3 Å². The molecule has 3 aromatic rings. The van der Waals surface area contributed by atoms with Crippen molar-refractivity contribution in [2.75, 3.05) is 6.54 Å². The van der Waals surface area contributed by atoms with Gasteiger partial charge in [0.2, 0.25) is 11.8 Å². The van der Waals surface area contributed by atoms with Gasteiger partial charge in [0.1, 0.15) is 5.75 Å². The fourth-order valence-electron chi connectivity index (χ4n) is 3.75. The van der Waals surface area contributed by atoms with Gasteiger partial charge in [-0.3, -0.25) is 4.79 Å². The number of rotatable bonds is 5. The Morgan fingerprint density at radius 2 is 1.94 bits per heavy atom. The molecule has 1 aliphatic rings. The highest BCUT2D eigenvalue weighted by Gasteiger charge is 2.48. The van der Waals surface area contributed by atoms with Crippen molar-refractivity contribution in [3.63, 3.8) is 0 Å². The molecule has 1 aromatic heterocycles. The zero-order chi connectivity index (χ0) is 24.7. The van der Waals surface area contributed by atoms with E-state index in [4.69, 9.17) is 26.0 Å². The van der Waals surface area contributed by atoms with Gasteiger partial charge in [-0.25, -0.2) is 0 Å². The SMILES string of the molecule is CC1(C)CN(Cc2nnc(-c3ccc(Cl)cc3)o2)C(=O)C1Oc1ccc(C#N)c(C(F)(F)F)c1. The molecule has 0 N–H and O–H groups in total. The molecule has 2 aromatic carbocycles. The molecule has 4 rings (SSSR count). The summed E-state index contributed by atoms with van der Waals surface area (Å²) in [5.74, 6) is -0.105. The quantitative estimate of drug-likeness (QED) is 0.494. The summed E-state index contributed by atoms with van der Waals surface area (Å²) in [6, 6.07) is 11.3. The maximum Gasteiger partial charge on any atom is 0.417 e. The van der Waals surface area contributed by atoms with Crippen LogP contribution in [0.5, 0.6) is 5.75 Å². The number of amides is 1. The summed E-state index contributed by atoms with van der Waals surface area (Å²) < 4.78 is 51.3. The summed E-state index contributed by atoms with van der Waals surface area (Å²) in [5.41, 5.74) is -1.69. The van der Waals surface area contributed by atoms with Crippen LogP contribution in [0.4, 0.5) is 13.2 Å². The minimum Gasteiger partial charge on any atom is -0.480 e. The van der Waals surface area contributed by atoms with E-state index >= 15 is 0 Å². The number of ether oxygens (including phenoxy) is 1. The lowest BCUT2D eigenvalue weighted by Gasteiger charge is -2.24. The zero-order valence-electron chi connectivity index (χ0n) is 18.1. The lowest BCUT2D eigenvalue weighted by atomic mass is 9.89. The molecular formula is C23H18ClF3N4O3. The molecule has 1 unspecified atom stereocenters. The number of aromatic nitrogens is 2. The predicted octanol–water partition coefficient (Wildman–Crippen LogP) is 5.10. The average Bonchev–Trinajstić information content (AvgIpc) is 3.32. The molecule has 0 spiro atoms. The highest BCUT2D eigenvalue weighted by Crippen LogP contribution is 2.38. The second-order valence-electron chi connectivity index (χ2n) is 8.51. The molecule has 2 heterocycles. The molecule has 1 fully saturated rings. The van der Waals surface area contributed by atoms with Gasteiger partial charge >= 0.3 is 6.18 Å². The Morgan fingerprint density at radius 1 is 1.24 bits per heavy atom. The molecule has 34 heavy (non-hydrogen) atoms. The number of halogens is 4. The van der Waals surface area contributed by atoms with Gasteiger partial charge < -0.3 is 14.1 Å². The van der Waals surface area contributed by atoms with Crippen LogP contribution in [0.15, 0.2) is 46.9 Å². The maximum atomic E-state index is 13.3. The molecule has 7 nitrogen and oxygen atoms in total. The lowest BCUT2D eigenvalue weighted by Crippen LogP contribution is -2.36. The van der Waals surface area contributed by atoms with Gasteiger partial charge in [0, 0.05) is 22.5 Å². The van der Waals surface area contributed by atoms with Crippen molar-refractivity contribution in [1.82, 2.24) is 15.1 Å².